The lowest BCUT2D eigenvalue weighted by molar-refractivity contribution is -0.115. The van der Waals surface area contributed by atoms with E-state index in [2.05, 4.69) is 22.1 Å². The zero-order valence-corrected chi connectivity index (χ0v) is 13.0. The SMILES string of the molecule is O=C(CNCCc1ccsc1)Nc1c(Cl)cccc1Cl. The lowest BCUT2D eigenvalue weighted by Crippen LogP contribution is -2.29. The molecule has 0 saturated carbocycles. The third-order valence-corrected chi connectivity index (χ3v) is 4.05. The molecule has 6 heteroatoms. The first kappa shape index (κ1) is 15.3. The van der Waals surface area contributed by atoms with Crippen molar-refractivity contribution in [2.45, 2.75) is 6.42 Å². The number of anilines is 1. The summed E-state index contributed by atoms with van der Waals surface area (Å²) in [7, 11) is 0. The van der Waals surface area contributed by atoms with Crippen molar-refractivity contribution in [1.29, 1.82) is 0 Å². The largest absolute Gasteiger partial charge is 0.322 e. The fraction of sp³-hybridized carbons (Fsp3) is 0.214. The van der Waals surface area contributed by atoms with Crippen molar-refractivity contribution in [3.63, 3.8) is 0 Å². The Bertz CT molecular complexity index is 552. The number of halogens is 2. The average Bonchev–Trinajstić information content (AvgIpc) is 2.92. The maximum absolute atomic E-state index is 11.8. The Morgan fingerprint density at radius 1 is 1.20 bits per heavy atom. The third-order valence-electron chi connectivity index (χ3n) is 2.68. The highest BCUT2D eigenvalue weighted by molar-refractivity contribution is 7.07. The van der Waals surface area contributed by atoms with Gasteiger partial charge in [-0.05, 0) is 47.5 Å². The van der Waals surface area contributed by atoms with Gasteiger partial charge in [0.05, 0.1) is 22.3 Å². The van der Waals surface area contributed by atoms with Gasteiger partial charge in [0.1, 0.15) is 0 Å². The molecule has 1 heterocycles. The number of benzene rings is 1. The average molecular weight is 329 g/mol. The molecule has 0 bridgehead atoms. The van der Waals surface area contributed by atoms with Gasteiger partial charge in [0.25, 0.3) is 0 Å². The molecule has 2 N–H and O–H groups in total. The molecule has 20 heavy (non-hydrogen) atoms. The van der Waals surface area contributed by atoms with E-state index in [-0.39, 0.29) is 12.5 Å². The fourth-order valence-corrected chi connectivity index (χ4v) is 2.87. The van der Waals surface area contributed by atoms with E-state index in [0.717, 1.165) is 13.0 Å². The number of thiophene rings is 1. The van der Waals surface area contributed by atoms with Crippen molar-refractivity contribution >= 4 is 46.1 Å². The van der Waals surface area contributed by atoms with E-state index in [1.807, 2.05) is 5.38 Å². The number of para-hydroxylation sites is 1. The minimum absolute atomic E-state index is 0.162. The summed E-state index contributed by atoms with van der Waals surface area (Å²) in [5.74, 6) is -0.162. The molecule has 0 saturated heterocycles. The third kappa shape index (κ3) is 4.49. The summed E-state index contributed by atoms with van der Waals surface area (Å²) >= 11 is 13.6. The summed E-state index contributed by atoms with van der Waals surface area (Å²) in [6.07, 6.45) is 0.906. The molecule has 0 aliphatic heterocycles. The molecule has 0 unspecified atom stereocenters. The van der Waals surface area contributed by atoms with Crippen LogP contribution in [0.2, 0.25) is 10.0 Å². The van der Waals surface area contributed by atoms with Crippen LogP contribution in [0.1, 0.15) is 5.56 Å². The Hall–Kier alpha value is -1.07. The van der Waals surface area contributed by atoms with Crippen molar-refractivity contribution in [2.75, 3.05) is 18.4 Å². The second-order valence-corrected chi connectivity index (χ2v) is 5.80. The minimum Gasteiger partial charge on any atom is -0.322 e. The van der Waals surface area contributed by atoms with Gasteiger partial charge in [-0.1, -0.05) is 29.3 Å². The van der Waals surface area contributed by atoms with Crippen LogP contribution in [0.25, 0.3) is 0 Å². The molecule has 0 spiro atoms. The molecule has 0 fully saturated rings. The van der Waals surface area contributed by atoms with Crippen LogP contribution in [0, 0.1) is 0 Å². The lowest BCUT2D eigenvalue weighted by Gasteiger charge is -2.09. The normalized spacial score (nSPS) is 10.5. The Labute approximate surface area is 131 Å². The number of nitrogens with one attached hydrogen (secondary N) is 2. The summed E-state index contributed by atoms with van der Waals surface area (Å²) in [6, 6.07) is 7.19. The topological polar surface area (TPSA) is 41.1 Å². The van der Waals surface area contributed by atoms with Crippen molar-refractivity contribution in [3.8, 4) is 0 Å². The monoisotopic (exact) mass is 328 g/mol. The number of amides is 1. The van der Waals surface area contributed by atoms with Gasteiger partial charge in [0.15, 0.2) is 0 Å². The molecular weight excluding hydrogens is 315 g/mol. The number of carbonyl (C=O) groups excluding carboxylic acids is 1. The van der Waals surface area contributed by atoms with E-state index in [9.17, 15) is 4.79 Å². The Morgan fingerprint density at radius 2 is 1.95 bits per heavy atom. The quantitative estimate of drug-likeness (QED) is 0.791. The predicted octanol–water partition coefficient (Wildman–Crippen LogP) is 3.83. The highest BCUT2D eigenvalue weighted by Crippen LogP contribution is 2.29. The molecule has 1 amide bonds. The molecule has 0 radical (unpaired) electrons. The van der Waals surface area contributed by atoms with Crippen molar-refractivity contribution < 1.29 is 4.79 Å². The summed E-state index contributed by atoms with van der Waals surface area (Å²) in [6.45, 7) is 0.978. The van der Waals surface area contributed by atoms with Gasteiger partial charge in [0, 0.05) is 0 Å². The zero-order chi connectivity index (χ0) is 14.4. The van der Waals surface area contributed by atoms with Crippen LogP contribution in [0.15, 0.2) is 35.0 Å². The summed E-state index contributed by atoms with van der Waals surface area (Å²) in [5.41, 5.74) is 1.73. The molecule has 0 atom stereocenters. The van der Waals surface area contributed by atoms with Crippen molar-refractivity contribution in [3.05, 3.63) is 50.6 Å². The zero-order valence-electron chi connectivity index (χ0n) is 10.7. The molecule has 0 aliphatic carbocycles. The van der Waals surface area contributed by atoms with E-state index in [1.54, 1.807) is 29.5 Å². The van der Waals surface area contributed by atoms with Crippen LogP contribution in [0.4, 0.5) is 5.69 Å². The Kier molecular flexibility index (Phi) is 5.86. The van der Waals surface area contributed by atoms with Crippen molar-refractivity contribution in [2.24, 2.45) is 0 Å². The standard InChI is InChI=1S/C14H14Cl2N2OS/c15-11-2-1-3-12(16)14(11)18-13(19)8-17-6-4-10-5-7-20-9-10/h1-3,5,7,9,17H,4,6,8H2,(H,18,19). The molecule has 0 aliphatic rings. The van der Waals surface area contributed by atoms with Crippen LogP contribution >= 0.6 is 34.5 Å². The van der Waals surface area contributed by atoms with Crippen molar-refractivity contribution in [1.82, 2.24) is 5.32 Å². The number of carbonyl (C=O) groups is 1. The van der Waals surface area contributed by atoms with Crippen LogP contribution < -0.4 is 10.6 Å². The smallest absolute Gasteiger partial charge is 0.238 e. The molecule has 3 nitrogen and oxygen atoms in total. The van der Waals surface area contributed by atoms with Gasteiger partial charge in [0.2, 0.25) is 5.91 Å². The van der Waals surface area contributed by atoms with E-state index >= 15 is 0 Å². The van der Waals surface area contributed by atoms with Crippen LogP contribution in [0.5, 0.6) is 0 Å². The Morgan fingerprint density at radius 3 is 2.60 bits per heavy atom. The van der Waals surface area contributed by atoms with E-state index < -0.39 is 0 Å². The molecule has 2 rings (SSSR count). The van der Waals surface area contributed by atoms with E-state index in [1.165, 1.54) is 5.56 Å². The molecule has 1 aromatic heterocycles. The highest BCUT2D eigenvalue weighted by Gasteiger charge is 2.08. The molecule has 106 valence electrons. The highest BCUT2D eigenvalue weighted by atomic mass is 35.5. The predicted molar refractivity (Wildman–Crippen MR) is 86.0 cm³/mol. The molecule has 2 aromatic rings. The number of hydrogen-bond acceptors (Lipinski definition) is 3. The first-order valence-electron chi connectivity index (χ1n) is 6.12. The maximum Gasteiger partial charge on any atom is 0.238 e. The molecular formula is C14H14Cl2N2OS. The second-order valence-electron chi connectivity index (χ2n) is 4.20. The van der Waals surface area contributed by atoms with Gasteiger partial charge in [-0.3, -0.25) is 4.79 Å². The second kappa shape index (κ2) is 7.64. The van der Waals surface area contributed by atoms with E-state index in [4.69, 9.17) is 23.2 Å². The lowest BCUT2D eigenvalue weighted by atomic mass is 10.2. The Balaban J connectivity index is 1.75. The summed E-state index contributed by atoms with van der Waals surface area (Å²) in [4.78, 5) is 11.8. The number of hydrogen-bond donors (Lipinski definition) is 2. The molecule has 1 aromatic carbocycles. The first-order chi connectivity index (χ1) is 9.66. The van der Waals surface area contributed by atoms with Crippen LogP contribution in [0.3, 0.4) is 0 Å². The number of rotatable bonds is 6. The van der Waals surface area contributed by atoms with E-state index in [0.29, 0.717) is 15.7 Å². The van der Waals surface area contributed by atoms with Crippen LogP contribution in [-0.2, 0) is 11.2 Å². The summed E-state index contributed by atoms with van der Waals surface area (Å²) < 4.78 is 0. The summed E-state index contributed by atoms with van der Waals surface area (Å²) in [5, 5.41) is 10.8. The van der Waals surface area contributed by atoms with Gasteiger partial charge >= 0.3 is 0 Å². The first-order valence-corrected chi connectivity index (χ1v) is 7.82. The maximum atomic E-state index is 11.8. The van der Waals surface area contributed by atoms with Gasteiger partial charge in [-0.15, -0.1) is 0 Å². The van der Waals surface area contributed by atoms with Gasteiger partial charge in [-0.2, -0.15) is 11.3 Å². The van der Waals surface area contributed by atoms with Gasteiger partial charge < -0.3 is 10.6 Å². The van der Waals surface area contributed by atoms with Crippen LogP contribution in [-0.4, -0.2) is 19.0 Å². The van der Waals surface area contributed by atoms with Gasteiger partial charge in [-0.25, -0.2) is 0 Å². The fourth-order valence-electron chi connectivity index (χ4n) is 1.67. The minimum atomic E-state index is -0.162.